The number of carbonyl (C=O) groups is 2. The summed E-state index contributed by atoms with van der Waals surface area (Å²) in [6.45, 7) is 1.49. The lowest BCUT2D eigenvalue weighted by atomic mass is 10.2. The van der Waals surface area contributed by atoms with E-state index in [1.54, 1.807) is 36.5 Å². The number of hydrogen-bond donors (Lipinski definition) is 1. The number of nitrogens with one attached hydrogen (secondary N) is 1. The van der Waals surface area contributed by atoms with Crippen molar-refractivity contribution in [3.8, 4) is 0 Å². The van der Waals surface area contributed by atoms with E-state index < -0.39 is 11.9 Å². The van der Waals surface area contributed by atoms with E-state index in [2.05, 4.69) is 10.3 Å². The molecular formula is C16H15ClN2O3S. The minimum atomic E-state index is -0.584. The molecule has 0 saturated heterocycles. The van der Waals surface area contributed by atoms with Crippen LogP contribution in [0.4, 0.5) is 5.69 Å². The Hall–Kier alpha value is -2.05. The second kappa shape index (κ2) is 7.99. The van der Waals surface area contributed by atoms with Crippen LogP contribution in [0.1, 0.15) is 15.9 Å². The molecule has 5 nitrogen and oxygen atoms in total. The number of pyridine rings is 1. The summed E-state index contributed by atoms with van der Waals surface area (Å²) in [5.74, 6) is -1.02. The van der Waals surface area contributed by atoms with Gasteiger partial charge in [-0.1, -0.05) is 17.7 Å². The number of carbonyl (C=O) groups excluding carboxylic acids is 2. The first-order valence-electron chi connectivity index (χ1n) is 6.73. The predicted molar refractivity (Wildman–Crippen MR) is 91.1 cm³/mol. The van der Waals surface area contributed by atoms with Crippen LogP contribution in [0.25, 0.3) is 0 Å². The van der Waals surface area contributed by atoms with E-state index in [1.807, 2.05) is 13.2 Å². The molecule has 1 aromatic carbocycles. The zero-order valence-electron chi connectivity index (χ0n) is 12.6. The lowest BCUT2D eigenvalue weighted by Gasteiger charge is -2.09. The minimum absolute atomic E-state index is 0.339. The fourth-order valence-corrected chi connectivity index (χ4v) is 2.50. The molecule has 2 aromatic rings. The van der Waals surface area contributed by atoms with Crippen LogP contribution in [-0.2, 0) is 9.53 Å². The molecule has 0 spiro atoms. The van der Waals surface area contributed by atoms with Gasteiger partial charge in [0.2, 0.25) is 0 Å². The summed E-state index contributed by atoms with van der Waals surface area (Å²) in [5.41, 5.74) is 1.80. The van der Waals surface area contributed by atoms with Crippen LogP contribution in [0.15, 0.2) is 41.6 Å². The van der Waals surface area contributed by atoms with E-state index in [-0.39, 0.29) is 6.61 Å². The van der Waals surface area contributed by atoms with Crippen molar-refractivity contribution in [1.82, 2.24) is 4.98 Å². The smallest absolute Gasteiger partial charge is 0.341 e. The monoisotopic (exact) mass is 350 g/mol. The van der Waals surface area contributed by atoms with Gasteiger partial charge in [-0.25, -0.2) is 9.78 Å². The predicted octanol–water partition coefficient (Wildman–Crippen LogP) is 3.56. The van der Waals surface area contributed by atoms with Gasteiger partial charge in [-0.15, -0.1) is 11.8 Å². The lowest BCUT2D eigenvalue weighted by Crippen LogP contribution is -2.21. The van der Waals surface area contributed by atoms with Crippen LogP contribution >= 0.6 is 23.4 Å². The molecule has 1 aromatic heterocycles. The summed E-state index contributed by atoms with van der Waals surface area (Å²) in [5, 5.41) is 3.74. The molecule has 2 rings (SSSR count). The first kappa shape index (κ1) is 17.3. The van der Waals surface area contributed by atoms with E-state index in [9.17, 15) is 9.59 Å². The highest BCUT2D eigenvalue weighted by Crippen LogP contribution is 2.20. The maximum absolute atomic E-state index is 12.0. The largest absolute Gasteiger partial charge is 0.452 e. The van der Waals surface area contributed by atoms with Crippen molar-refractivity contribution in [3.05, 3.63) is 52.7 Å². The molecule has 0 radical (unpaired) electrons. The van der Waals surface area contributed by atoms with Gasteiger partial charge in [0.1, 0.15) is 5.03 Å². The summed E-state index contributed by atoms with van der Waals surface area (Å²) < 4.78 is 5.02. The maximum Gasteiger partial charge on any atom is 0.341 e. The normalized spacial score (nSPS) is 10.2. The maximum atomic E-state index is 12.0. The Labute approximate surface area is 143 Å². The number of benzene rings is 1. The Morgan fingerprint density at radius 2 is 2.13 bits per heavy atom. The summed E-state index contributed by atoms with van der Waals surface area (Å²) >= 11 is 7.33. The van der Waals surface area contributed by atoms with E-state index in [0.717, 1.165) is 5.56 Å². The second-order valence-electron chi connectivity index (χ2n) is 4.65. The first-order valence-corrected chi connectivity index (χ1v) is 8.33. The third kappa shape index (κ3) is 4.71. The highest BCUT2D eigenvalue weighted by molar-refractivity contribution is 7.98. The molecule has 0 aliphatic carbocycles. The minimum Gasteiger partial charge on any atom is -0.452 e. The Morgan fingerprint density at radius 3 is 2.83 bits per heavy atom. The van der Waals surface area contributed by atoms with Crippen LogP contribution in [0.3, 0.4) is 0 Å². The SMILES string of the molecule is CSc1ncccc1C(=O)OCC(=O)Nc1ccc(C)c(Cl)c1. The number of halogens is 1. The zero-order valence-corrected chi connectivity index (χ0v) is 14.2. The molecular weight excluding hydrogens is 336 g/mol. The molecule has 0 saturated carbocycles. The van der Waals surface area contributed by atoms with E-state index >= 15 is 0 Å². The average Bonchev–Trinajstić information content (AvgIpc) is 2.56. The van der Waals surface area contributed by atoms with Crippen molar-refractivity contribution < 1.29 is 14.3 Å². The van der Waals surface area contributed by atoms with Crippen LogP contribution in [0, 0.1) is 6.92 Å². The van der Waals surface area contributed by atoms with Crippen molar-refractivity contribution in [2.45, 2.75) is 11.9 Å². The summed E-state index contributed by atoms with van der Waals surface area (Å²) in [6.07, 6.45) is 3.41. The van der Waals surface area contributed by atoms with Gasteiger partial charge >= 0.3 is 5.97 Å². The third-order valence-electron chi connectivity index (χ3n) is 2.97. The van der Waals surface area contributed by atoms with Gasteiger partial charge in [0, 0.05) is 16.9 Å². The van der Waals surface area contributed by atoms with E-state index in [0.29, 0.717) is 21.3 Å². The van der Waals surface area contributed by atoms with Gasteiger partial charge in [0.05, 0.1) is 5.56 Å². The third-order valence-corrected chi connectivity index (χ3v) is 4.09. The van der Waals surface area contributed by atoms with Crippen molar-refractivity contribution in [2.75, 3.05) is 18.2 Å². The van der Waals surface area contributed by atoms with Gasteiger partial charge < -0.3 is 10.1 Å². The number of thioether (sulfide) groups is 1. The van der Waals surface area contributed by atoms with Crippen LogP contribution in [0.5, 0.6) is 0 Å². The topological polar surface area (TPSA) is 68.3 Å². The number of anilines is 1. The van der Waals surface area contributed by atoms with Crippen molar-refractivity contribution in [1.29, 1.82) is 0 Å². The van der Waals surface area contributed by atoms with Gasteiger partial charge in [-0.05, 0) is 43.0 Å². The number of amides is 1. The van der Waals surface area contributed by atoms with Crippen molar-refractivity contribution >= 4 is 40.9 Å². The molecule has 120 valence electrons. The zero-order chi connectivity index (χ0) is 16.8. The number of aryl methyl sites for hydroxylation is 1. The summed E-state index contributed by atoms with van der Waals surface area (Å²) in [4.78, 5) is 27.9. The molecule has 1 amide bonds. The van der Waals surface area contributed by atoms with Gasteiger partial charge in [-0.3, -0.25) is 4.79 Å². The molecule has 0 atom stereocenters. The standard InChI is InChI=1S/C16H15ClN2O3S/c1-10-5-6-11(8-13(10)17)19-14(20)9-22-16(21)12-4-3-7-18-15(12)23-2/h3-8H,9H2,1-2H3,(H,19,20). The number of rotatable bonds is 5. The molecule has 0 aliphatic heterocycles. The second-order valence-corrected chi connectivity index (χ2v) is 5.85. The fourth-order valence-electron chi connectivity index (χ4n) is 1.79. The number of nitrogens with zero attached hydrogens (tertiary/aromatic N) is 1. The molecule has 0 aliphatic rings. The van der Waals surface area contributed by atoms with Crippen LogP contribution in [0.2, 0.25) is 5.02 Å². The Kier molecular flexibility index (Phi) is 6.01. The Morgan fingerprint density at radius 1 is 1.35 bits per heavy atom. The van der Waals surface area contributed by atoms with Crippen LogP contribution in [-0.4, -0.2) is 29.7 Å². The fraction of sp³-hybridized carbons (Fsp3) is 0.188. The number of hydrogen-bond acceptors (Lipinski definition) is 5. The lowest BCUT2D eigenvalue weighted by molar-refractivity contribution is -0.119. The number of esters is 1. The number of aromatic nitrogens is 1. The quantitative estimate of drug-likeness (QED) is 0.659. The number of ether oxygens (including phenoxy) is 1. The molecule has 0 fully saturated rings. The highest BCUT2D eigenvalue weighted by atomic mass is 35.5. The molecule has 0 unspecified atom stereocenters. The van der Waals surface area contributed by atoms with Gasteiger partial charge in [0.15, 0.2) is 6.61 Å². The molecule has 7 heteroatoms. The first-order chi connectivity index (χ1) is 11.0. The van der Waals surface area contributed by atoms with Crippen LogP contribution < -0.4 is 5.32 Å². The molecule has 1 N–H and O–H groups in total. The molecule has 0 bridgehead atoms. The summed E-state index contributed by atoms with van der Waals surface area (Å²) in [7, 11) is 0. The summed E-state index contributed by atoms with van der Waals surface area (Å²) in [6, 6.07) is 8.42. The van der Waals surface area contributed by atoms with Gasteiger partial charge in [-0.2, -0.15) is 0 Å². The Balaban J connectivity index is 1.93. The van der Waals surface area contributed by atoms with Gasteiger partial charge in [0.25, 0.3) is 5.91 Å². The van der Waals surface area contributed by atoms with Crippen molar-refractivity contribution in [3.63, 3.8) is 0 Å². The van der Waals surface area contributed by atoms with Crippen molar-refractivity contribution in [2.24, 2.45) is 0 Å². The molecule has 1 heterocycles. The molecule has 23 heavy (non-hydrogen) atoms. The van der Waals surface area contributed by atoms with E-state index in [4.69, 9.17) is 16.3 Å². The highest BCUT2D eigenvalue weighted by Gasteiger charge is 2.15. The van der Waals surface area contributed by atoms with E-state index in [1.165, 1.54) is 11.8 Å². The Bertz CT molecular complexity index is 737. The average molecular weight is 351 g/mol.